The predicted molar refractivity (Wildman–Crippen MR) is 62.8 cm³/mol. The van der Waals surface area contributed by atoms with Gasteiger partial charge in [0.15, 0.2) is 0 Å². The summed E-state index contributed by atoms with van der Waals surface area (Å²) < 4.78 is 25.2. The third-order valence-electron chi connectivity index (χ3n) is 2.69. The average molecular weight is 295 g/mol. The second kappa shape index (κ2) is 4.63. The fraction of sp³-hybridized carbons (Fsp3) is 0.444. The molecule has 7 nitrogen and oxygen atoms in total. The van der Waals surface area contributed by atoms with Gasteiger partial charge in [-0.15, -0.1) is 0 Å². The van der Waals surface area contributed by atoms with Gasteiger partial charge in [0.25, 0.3) is 5.56 Å². The van der Waals surface area contributed by atoms with Crippen LogP contribution in [0.5, 0.6) is 0 Å². The van der Waals surface area contributed by atoms with Crippen LogP contribution < -0.4 is 5.56 Å². The van der Waals surface area contributed by atoms with Gasteiger partial charge in [-0.1, -0.05) is 11.6 Å². The number of aliphatic hydroxyl groups is 2. The first-order chi connectivity index (χ1) is 8.32. The Morgan fingerprint density at radius 1 is 1.33 bits per heavy atom. The summed E-state index contributed by atoms with van der Waals surface area (Å²) in [4.78, 5) is 13.1. The third kappa shape index (κ3) is 2.29. The third-order valence-corrected chi connectivity index (χ3v) is 4.78. The Bertz CT molecular complexity index is 604. The number of aliphatic hydroxyl groups excluding tert-OH is 2. The maximum Gasteiger partial charge on any atom is 0.266 e. The van der Waals surface area contributed by atoms with Gasteiger partial charge in [0.05, 0.1) is 17.1 Å². The SMILES string of the molecule is O=c1[nH]cc(S(=O)(=O)N2CC(O)C(O)C2)cc1Cl. The van der Waals surface area contributed by atoms with Crippen LogP contribution in [0.4, 0.5) is 0 Å². The van der Waals surface area contributed by atoms with Crippen LogP contribution in [0.3, 0.4) is 0 Å². The number of aromatic amines is 1. The molecule has 2 rings (SSSR count). The Morgan fingerprint density at radius 3 is 2.39 bits per heavy atom. The fourth-order valence-corrected chi connectivity index (χ4v) is 3.37. The lowest BCUT2D eigenvalue weighted by Gasteiger charge is -2.15. The minimum atomic E-state index is -3.89. The van der Waals surface area contributed by atoms with Crippen molar-refractivity contribution in [2.45, 2.75) is 17.1 Å². The van der Waals surface area contributed by atoms with Crippen molar-refractivity contribution < 1.29 is 18.6 Å². The van der Waals surface area contributed by atoms with Gasteiger partial charge in [0.1, 0.15) is 5.02 Å². The van der Waals surface area contributed by atoms with E-state index in [1.165, 1.54) is 0 Å². The van der Waals surface area contributed by atoms with Gasteiger partial charge >= 0.3 is 0 Å². The molecule has 2 heterocycles. The average Bonchev–Trinajstić information content (AvgIpc) is 2.64. The standard InChI is InChI=1S/C9H11ClN2O5S/c10-6-1-5(2-11-9(6)15)18(16,17)12-3-7(13)8(14)4-12/h1-2,7-8,13-14H,3-4H2,(H,11,15). The van der Waals surface area contributed by atoms with Gasteiger partial charge in [-0.25, -0.2) is 8.42 Å². The number of nitrogens with one attached hydrogen (secondary N) is 1. The molecule has 1 aromatic rings. The van der Waals surface area contributed by atoms with Crippen LogP contribution in [0.25, 0.3) is 0 Å². The molecular weight excluding hydrogens is 284 g/mol. The molecule has 100 valence electrons. The van der Waals surface area contributed by atoms with E-state index in [2.05, 4.69) is 4.98 Å². The van der Waals surface area contributed by atoms with E-state index in [-0.39, 0.29) is 23.0 Å². The zero-order chi connectivity index (χ0) is 13.5. The highest BCUT2D eigenvalue weighted by atomic mass is 35.5. The number of H-pyrrole nitrogens is 1. The summed E-state index contributed by atoms with van der Waals surface area (Å²) in [5.41, 5.74) is -0.586. The Balaban J connectivity index is 2.37. The van der Waals surface area contributed by atoms with Crippen LogP contribution in [0.2, 0.25) is 5.02 Å². The molecule has 0 radical (unpaired) electrons. The van der Waals surface area contributed by atoms with Crippen molar-refractivity contribution in [3.8, 4) is 0 Å². The van der Waals surface area contributed by atoms with Crippen LogP contribution in [-0.2, 0) is 10.0 Å². The number of sulfonamides is 1. The number of nitrogens with zero attached hydrogens (tertiary/aromatic N) is 1. The van der Waals surface area contributed by atoms with Crippen LogP contribution in [0, 0.1) is 0 Å². The molecule has 0 aromatic carbocycles. The minimum absolute atomic E-state index is 0.187. The first-order valence-electron chi connectivity index (χ1n) is 5.07. The summed E-state index contributed by atoms with van der Waals surface area (Å²) in [5, 5.41) is 18.4. The normalized spacial score (nSPS) is 25.5. The van der Waals surface area contributed by atoms with E-state index in [1.807, 2.05) is 0 Å². The zero-order valence-corrected chi connectivity index (χ0v) is 10.6. The number of pyridine rings is 1. The second-order valence-corrected chi connectivity index (χ2v) is 6.31. The molecule has 0 aliphatic carbocycles. The highest BCUT2D eigenvalue weighted by molar-refractivity contribution is 7.89. The van der Waals surface area contributed by atoms with Crippen molar-refractivity contribution in [3.63, 3.8) is 0 Å². The summed E-state index contributed by atoms with van der Waals surface area (Å²) in [6.07, 6.45) is -1.20. The molecule has 1 aliphatic heterocycles. The molecule has 0 saturated carbocycles. The van der Waals surface area contributed by atoms with E-state index < -0.39 is 27.8 Å². The Morgan fingerprint density at radius 2 is 1.89 bits per heavy atom. The molecule has 1 saturated heterocycles. The largest absolute Gasteiger partial charge is 0.389 e. The van der Waals surface area contributed by atoms with Crippen LogP contribution in [-0.4, -0.2) is 53.2 Å². The van der Waals surface area contributed by atoms with Crippen molar-refractivity contribution >= 4 is 21.6 Å². The van der Waals surface area contributed by atoms with Crippen molar-refractivity contribution in [2.75, 3.05) is 13.1 Å². The van der Waals surface area contributed by atoms with Crippen molar-refractivity contribution in [1.82, 2.24) is 9.29 Å². The van der Waals surface area contributed by atoms with Gasteiger partial charge in [0, 0.05) is 19.3 Å². The summed E-state index contributed by atoms with van der Waals surface area (Å²) in [7, 11) is -3.89. The smallest absolute Gasteiger partial charge is 0.266 e. The van der Waals surface area contributed by atoms with Crippen molar-refractivity contribution in [2.24, 2.45) is 0 Å². The lowest BCUT2D eigenvalue weighted by molar-refractivity contribution is 0.0572. The van der Waals surface area contributed by atoms with Crippen molar-refractivity contribution in [3.05, 3.63) is 27.6 Å². The molecule has 2 unspecified atom stereocenters. The lowest BCUT2D eigenvalue weighted by Crippen LogP contribution is -2.30. The first-order valence-corrected chi connectivity index (χ1v) is 6.88. The first kappa shape index (κ1) is 13.5. The van der Waals surface area contributed by atoms with Gasteiger partial charge in [0.2, 0.25) is 10.0 Å². The highest BCUT2D eigenvalue weighted by Gasteiger charge is 2.37. The second-order valence-electron chi connectivity index (χ2n) is 3.97. The Kier molecular flexibility index (Phi) is 3.47. The fourth-order valence-electron chi connectivity index (χ4n) is 1.67. The summed E-state index contributed by atoms with van der Waals surface area (Å²) >= 11 is 5.56. The van der Waals surface area contributed by atoms with Gasteiger partial charge in [-0.2, -0.15) is 4.31 Å². The quantitative estimate of drug-likeness (QED) is 0.631. The predicted octanol–water partition coefficient (Wildman–Crippen LogP) is -1.25. The molecule has 9 heteroatoms. The minimum Gasteiger partial charge on any atom is -0.389 e. The molecule has 1 aromatic heterocycles. The molecule has 1 fully saturated rings. The highest BCUT2D eigenvalue weighted by Crippen LogP contribution is 2.21. The van der Waals surface area contributed by atoms with Crippen LogP contribution in [0.1, 0.15) is 0 Å². The monoisotopic (exact) mass is 294 g/mol. The number of rotatable bonds is 2. The van der Waals surface area contributed by atoms with Gasteiger partial charge < -0.3 is 15.2 Å². The van der Waals surface area contributed by atoms with E-state index >= 15 is 0 Å². The van der Waals surface area contributed by atoms with Crippen molar-refractivity contribution in [1.29, 1.82) is 0 Å². The van der Waals surface area contributed by atoms with E-state index in [0.29, 0.717) is 0 Å². The molecule has 1 aliphatic rings. The molecule has 3 N–H and O–H groups in total. The van der Waals surface area contributed by atoms with E-state index in [0.717, 1.165) is 16.6 Å². The van der Waals surface area contributed by atoms with Crippen LogP contribution >= 0.6 is 11.6 Å². The molecule has 2 atom stereocenters. The molecule has 0 spiro atoms. The molecule has 0 bridgehead atoms. The maximum atomic E-state index is 12.1. The number of β-amino-alcohol motifs (C(OH)–C–C–N with tert-alkyl or cyclic N) is 2. The number of halogens is 1. The number of aromatic nitrogens is 1. The lowest BCUT2D eigenvalue weighted by atomic mass is 10.3. The molecule has 18 heavy (non-hydrogen) atoms. The molecule has 0 amide bonds. The van der Waals surface area contributed by atoms with Gasteiger partial charge in [-0.3, -0.25) is 4.79 Å². The summed E-state index contributed by atoms with van der Waals surface area (Å²) in [5.74, 6) is 0. The van der Waals surface area contributed by atoms with E-state index in [9.17, 15) is 23.4 Å². The van der Waals surface area contributed by atoms with Crippen LogP contribution in [0.15, 0.2) is 22.0 Å². The summed E-state index contributed by atoms with van der Waals surface area (Å²) in [6.45, 7) is -0.388. The Hall–Kier alpha value is -0.930. The van der Waals surface area contributed by atoms with Gasteiger partial charge in [-0.05, 0) is 6.07 Å². The zero-order valence-electron chi connectivity index (χ0n) is 9.08. The van der Waals surface area contributed by atoms with E-state index in [1.54, 1.807) is 0 Å². The van der Waals surface area contributed by atoms with E-state index in [4.69, 9.17) is 11.6 Å². The topological polar surface area (TPSA) is 111 Å². The Labute approximate surface area is 108 Å². The molecular formula is C9H11ClN2O5S. The summed E-state index contributed by atoms with van der Waals surface area (Å²) in [6, 6.07) is 1.03. The number of hydrogen-bond donors (Lipinski definition) is 3. The maximum absolute atomic E-state index is 12.1. The number of hydrogen-bond acceptors (Lipinski definition) is 5.